The van der Waals surface area contributed by atoms with Gasteiger partial charge in [-0.25, -0.2) is 0 Å². The minimum absolute atomic E-state index is 0.000600. The van der Waals surface area contributed by atoms with E-state index in [4.69, 9.17) is 149 Å². The highest BCUT2D eigenvalue weighted by Crippen LogP contribution is 2.42. The second-order valence-corrected chi connectivity index (χ2v) is 14.5. The minimum Gasteiger partial charge on any atom is -0.110 e. The fraction of sp³-hybridized carbons (Fsp3) is 0. The third kappa shape index (κ3) is 5.64. The van der Waals surface area contributed by atoms with Gasteiger partial charge in [-0.1, -0.05) is 113 Å². The Morgan fingerprint density at radius 2 is 0.492 bits per heavy atom. The molecule has 0 fully saturated rings. The SMILES string of the molecule is [B]c1c([B])c(-c2c3c([B])c([B])c([B])c([B])c3c(-c3cccc4ccccc34)c3c([B])c([B])c([B])c([B])c23)c([B])c([B])c1-c1c([B])c([B])c2c([B])c([B])c([B])c([B])c2c1[B]. The van der Waals surface area contributed by atoms with Crippen LogP contribution in [0.25, 0.3) is 76.5 Å². The monoisotopic (exact) mass is 696 g/mol. The van der Waals surface area contributed by atoms with Crippen LogP contribution in [0.1, 0.15) is 0 Å². The van der Waals surface area contributed by atoms with Gasteiger partial charge in [-0.15, -0.1) is 32.8 Å². The van der Waals surface area contributed by atoms with Gasteiger partial charge in [-0.05, 0) is 76.5 Å². The van der Waals surface area contributed by atoms with E-state index in [1.54, 1.807) is 0 Å². The molecule has 0 aliphatic carbocycles. The highest BCUT2D eigenvalue weighted by molar-refractivity contribution is 6.75. The zero-order valence-corrected chi connectivity index (χ0v) is 31.5. The largest absolute Gasteiger partial charge is 0.115 e. The summed E-state index contributed by atoms with van der Waals surface area (Å²) in [6.07, 6.45) is 0. The first-order valence-electron chi connectivity index (χ1n) is 17.8. The van der Waals surface area contributed by atoms with E-state index in [2.05, 4.69) is 0 Å². The van der Waals surface area contributed by atoms with E-state index in [0.29, 0.717) is 21.9 Å². The molecule has 38 radical (unpaired) electrons. The summed E-state index contributed by atoms with van der Waals surface area (Å²) in [5.41, 5.74) is 0.821. The lowest BCUT2D eigenvalue weighted by atomic mass is 9.55. The molecule has 0 atom stereocenters. The van der Waals surface area contributed by atoms with Crippen LogP contribution in [0.3, 0.4) is 0 Å². The maximum atomic E-state index is 7.08. The fourth-order valence-corrected chi connectivity index (χ4v) is 8.47. The van der Waals surface area contributed by atoms with Gasteiger partial charge in [-0.2, -0.15) is 0 Å². The molecule has 0 nitrogen and oxygen atoms in total. The van der Waals surface area contributed by atoms with Crippen LogP contribution in [0, 0.1) is 0 Å². The van der Waals surface area contributed by atoms with E-state index in [0.717, 1.165) is 10.8 Å². The van der Waals surface area contributed by atoms with Crippen LogP contribution in [-0.4, -0.2) is 149 Å². The number of fused-ring (bicyclic) bond motifs is 4. The summed E-state index contributed by atoms with van der Waals surface area (Å²) in [6, 6.07) is 13.4. The smallest absolute Gasteiger partial charge is 0.110 e. The second kappa shape index (κ2) is 14.6. The van der Waals surface area contributed by atoms with Crippen LogP contribution >= 0.6 is 0 Å². The van der Waals surface area contributed by atoms with E-state index in [9.17, 15) is 0 Å². The molecule has 224 valence electrons. The first-order chi connectivity index (χ1) is 27.8. The highest BCUT2D eigenvalue weighted by atomic mass is 14.3. The first kappa shape index (κ1) is 41.8. The van der Waals surface area contributed by atoms with Crippen LogP contribution < -0.4 is 104 Å². The van der Waals surface area contributed by atoms with Crippen molar-refractivity contribution in [3.63, 3.8) is 0 Å². The van der Waals surface area contributed by atoms with Crippen molar-refractivity contribution in [1.29, 1.82) is 0 Å². The van der Waals surface area contributed by atoms with Gasteiger partial charge in [0.05, 0.1) is 0 Å². The zero-order chi connectivity index (χ0) is 43.0. The van der Waals surface area contributed by atoms with Gasteiger partial charge in [0.1, 0.15) is 149 Å². The summed E-state index contributed by atoms with van der Waals surface area (Å²) in [4.78, 5) is 0. The van der Waals surface area contributed by atoms with E-state index >= 15 is 0 Å². The minimum atomic E-state index is -0.136. The standard InChI is InChI=1S/C40H7B19/c41-22-18(29(48)32(51)21-19(22)33(52)39(58)40(59)34(21)53)20-30(49)27(46)17(28(47)31(20)50)12-15-13(23(42)35(54)37(56)25(15)44)11(10-7-3-5-8-4-1-2-6-9(8)10)14-16(12)26(45)38(57)36(55)24(14)43/h1-7H. The van der Waals surface area contributed by atoms with Gasteiger partial charge in [0.2, 0.25) is 0 Å². The Kier molecular flexibility index (Phi) is 10.3. The normalized spacial score (nSPS) is 11.7. The van der Waals surface area contributed by atoms with Crippen molar-refractivity contribution >= 4 is 296 Å². The zero-order valence-electron chi connectivity index (χ0n) is 31.5. The summed E-state index contributed by atoms with van der Waals surface area (Å²) in [5, 5.41) is 3.17. The summed E-state index contributed by atoms with van der Waals surface area (Å²) in [7, 11) is 128. The quantitative estimate of drug-likeness (QED) is 0.128. The topological polar surface area (TPSA) is 0 Å². The lowest BCUT2D eigenvalue weighted by Gasteiger charge is -2.32. The predicted molar refractivity (Wildman–Crippen MR) is 275 cm³/mol. The molecular formula is C40H7B19. The van der Waals surface area contributed by atoms with Crippen molar-refractivity contribution in [2.75, 3.05) is 0 Å². The molecule has 8 rings (SSSR count). The van der Waals surface area contributed by atoms with Gasteiger partial charge >= 0.3 is 0 Å². The Hall–Kier alpha value is -3.97. The van der Waals surface area contributed by atoms with E-state index in [1.807, 2.05) is 42.5 Å². The molecule has 59 heavy (non-hydrogen) atoms. The van der Waals surface area contributed by atoms with Crippen molar-refractivity contribution in [3.05, 3.63) is 42.5 Å². The van der Waals surface area contributed by atoms with Crippen molar-refractivity contribution in [3.8, 4) is 33.4 Å². The van der Waals surface area contributed by atoms with E-state index in [1.165, 1.54) is 0 Å². The molecule has 0 spiro atoms. The maximum Gasteiger partial charge on any atom is 0.115 e. The Bertz CT molecular complexity index is 3150. The molecule has 0 saturated carbocycles. The number of hydrogen-bond donors (Lipinski definition) is 0. The van der Waals surface area contributed by atoms with Crippen molar-refractivity contribution in [2.45, 2.75) is 0 Å². The van der Waals surface area contributed by atoms with Gasteiger partial charge in [-0.3, -0.25) is 0 Å². The third-order valence-electron chi connectivity index (χ3n) is 11.6. The summed E-state index contributed by atoms with van der Waals surface area (Å²) >= 11 is 0. The summed E-state index contributed by atoms with van der Waals surface area (Å²) in [5.74, 6) is 0. The Labute approximate surface area is 369 Å². The predicted octanol–water partition coefficient (Wildman–Crippen LogP) is -11.6. The fourth-order valence-electron chi connectivity index (χ4n) is 8.47. The third-order valence-corrected chi connectivity index (χ3v) is 11.6. The molecule has 0 aliphatic rings. The number of rotatable bonds is 3. The van der Waals surface area contributed by atoms with E-state index in [-0.39, 0.29) is 148 Å². The lowest BCUT2D eigenvalue weighted by molar-refractivity contribution is 1.73. The molecule has 0 N–H and O–H groups in total. The van der Waals surface area contributed by atoms with Gasteiger partial charge in [0.15, 0.2) is 0 Å². The Morgan fingerprint density at radius 3 is 0.932 bits per heavy atom. The number of benzene rings is 8. The average Bonchev–Trinajstić information content (AvgIpc) is 3.22. The lowest BCUT2D eigenvalue weighted by Crippen LogP contribution is -2.53. The summed E-state index contributed by atoms with van der Waals surface area (Å²) in [6.45, 7) is 0. The molecule has 0 heterocycles. The van der Waals surface area contributed by atoms with Crippen LogP contribution in [-0.2, 0) is 0 Å². The molecule has 0 aliphatic heterocycles. The van der Waals surface area contributed by atoms with Crippen LogP contribution in [0.4, 0.5) is 0 Å². The highest BCUT2D eigenvalue weighted by Gasteiger charge is 2.28. The van der Waals surface area contributed by atoms with Crippen LogP contribution in [0.5, 0.6) is 0 Å². The molecular weight excluding hydrogens is 686 g/mol. The molecule has 0 bridgehead atoms. The van der Waals surface area contributed by atoms with Crippen molar-refractivity contribution in [1.82, 2.24) is 0 Å². The van der Waals surface area contributed by atoms with Crippen molar-refractivity contribution in [2.24, 2.45) is 0 Å². The Balaban J connectivity index is 1.63. The van der Waals surface area contributed by atoms with Gasteiger partial charge in [0.25, 0.3) is 0 Å². The number of hydrogen-bond acceptors (Lipinski definition) is 0. The molecule has 19 heteroatoms. The van der Waals surface area contributed by atoms with Crippen LogP contribution in [0.2, 0.25) is 0 Å². The van der Waals surface area contributed by atoms with Gasteiger partial charge < -0.3 is 0 Å². The molecule has 0 amide bonds. The average molecular weight is 693 g/mol. The van der Waals surface area contributed by atoms with Crippen LogP contribution in [0.15, 0.2) is 42.5 Å². The van der Waals surface area contributed by atoms with Gasteiger partial charge in [0, 0.05) is 0 Å². The summed E-state index contributed by atoms with van der Waals surface area (Å²) < 4.78 is 0. The maximum absolute atomic E-state index is 7.08. The molecule has 8 aromatic carbocycles. The molecule has 0 aromatic heterocycles. The molecule has 8 aromatic rings. The molecule has 0 unspecified atom stereocenters. The van der Waals surface area contributed by atoms with Crippen molar-refractivity contribution < 1.29 is 0 Å². The second-order valence-electron chi connectivity index (χ2n) is 14.5. The Morgan fingerprint density at radius 1 is 0.203 bits per heavy atom. The molecule has 0 saturated heterocycles. The van der Waals surface area contributed by atoms with E-state index < -0.39 is 0 Å². The first-order valence-corrected chi connectivity index (χ1v) is 17.8.